The van der Waals surface area contributed by atoms with Gasteiger partial charge < -0.3 is 10.2 Å². The topological polar surface area (TPSA) is 112 Å². The second kappa shape index (κ2) is 8.47. The second-order valence-electron chi connectivity index (χ2n) is 4.29. The number of ketones is 1. The van der Waals surface area contributed by atoms with E-state index in [-0.39, 0.29) is 23.4 Å². The lowest BCUT2D eigenvalue weighted by Gasteiger charge is -2.13. The zero-order valence-electron chi connectivity index (χ0n) is 12.0. The van der Waals surface area contributed by atoms with Gasteiger partial charge in [0, 0.05) is 24.9 Å². The fraction of sp³-hybridized carbons (Fsp3) is 0.286. The van der Waals surface area contributed by atoms with Gasteiger partial charge in [-0.05, 0) is 20.8 Å². The Hall–Kier alpha value is -2.70. The van der Waals surface area contributed by atoms with Crippen LogP contribution in [0.3, 0.4) is 0 Å². The fourth-order valence-corrected chi connectivity index (χ4v) is 1.10. The Balaban J connectivity index is 5.36. The van der Waals surface area contributed by atoms with Crippen molar-refractivity contribution in [2.45, 2.75) is 27.2 Å². The minimum atomic E-state index is -1.23. The van der Waals surface area contributed by atoms with Crippen LogP contribution in [0.25, 0.3) is 0 Å². The molecular formula is C14H17NO6. The normalized spacial score (nSPS) is 12.3. The minimum absolute atomic E-state index is 0.0584. The maximum absolute atomic E-state index is 11.9. The zero-order valence-corrected chi connectivity index (χ0v) is 12.0. The second-order valence-corrected chi connectivity index (χ2v) is 4.29. The molecule has 7 heteroatoms. The molecule has 0 atom stereocenters. The summed E-state index contributed by atoms with van der Waals surface area (Å²) in [7, 11) is 0. The maximum Gasteiger partial charge on any atom is 0.332 e. The third-order valence-electron chi connectivity index (χ3n) is 2.26. The molecule has 0 spiro atoms. The van der Waals surface area contributed by atoms with Crippen molar-refractivity contribution in [1.29, 1.82) is 0 Å². The smallest absolute Gasteiger partial charge is 0.332 e. The van der Waals surface area contributed by atoms with Crippen LogP contribution in [0.1, 0.15) is 27.2 Å². The Bertz CT molecular complexity index is 512. The van der Waals surface area contributed by atoms with Gasteiger partial charge in [-0.3, -0.25) is 14.5 Å². The lowest BCUT2D eigenvalue weighted by molar-refractivity contribution is -0.133. The van der Waals surface area contributed by atoms with E-state index in [9.17, 15) is 19.2 Å². The Morgan fingerprint density at radius 1 is 0.905 bits per heavy atom. The van der Waals surface area contributed by atoms with E-state index in [0.717, 1.165) is 23.4 Å². The largest absolute Gasteiger partial charge is 0.478 e. The molecular weight excluding hydrogens is 278 g/mol. The molecule has 0 rings (SSSR count). The number of aliphatic carboxylic acids is 2. The highest BCUT2D eigenvalue weighted by molar-refractivity contribution is 5.93. The Morgan fingerprint density at radius 2 is 1.33 bits per heavy atom. The molecule has 2 N–H and O–H groups in total. The highest BCUT2D eigenvalue weighted by Crippen LogP contribution is 2.05. The van der Waals surface area contributed by atoms with E-state index >= 15 is 0 Å². The molecule has 0 aromatic heterocycles. The van der Waals surface area contributed by atoms with Crippen LogP contribution >= 0.6 is 0 Å². The number of carbonyl (C=O) groups is 4. The van der Waals surface area contributed by atoms with Gasteiger partial charge in [-0.25, -0.2) is 9.59 Å². The number of hydrogen-bond donors (Lipinski definition) is 2. The van der Waals surface area contributed by atoms with Crippen molar-refractivity contribution in [1.82, 2.24) is 4.90 Å². The number of amides is 1. The predicted octanol–water partition coefficient (Wildman–Crippen LogP) is 1.33. The maximum atomic E-state index is 11.9. The monoisotopic (exact) mass is 295 g/mol. The average Bonchev–Trinajstić information content (AvgIpc) is 2.36. The van der Waals surface area contributed by atoms with Crippen LogP contribution in [0.2, 0.25) is 0 Å². The van der Waals surface area contributed by atoms with Gasteiger partial charge in [0.1, 0.15) is 5.78 Å². The molecule has 1 amide bonds. The van der Waals surface area contributed by atoms with Gasteiger partial charge in [-0.15, -0.1) is 0 Å². The molecule has 0 aliphatic heterocycles. The number of rotatable bonds is 7. The number of carboxylic acids is 2. The summed E-state index contributed by atoms with van der Waals surface area (Å²) in [6.45, 7) is 3.90. The van der Waals surface area contributed by atoms with E-state index in [1.165, 1.54) is 26.8 Å². The SMILES string of the molecule is CC(=O)CC=CC(=O)N(C=C(C)C(=O)O)C=C(C)C(=O)O. The van der Waals surface area contributed by atoms with E-state index in [1.807, 2.05) is 0 Å². The van der Waals surface area contributed by atoms with Crippen molar-refractivity contribution in [2.24, 2.45) is 0 Å². The summed E-state index contributed by atoms with van der Waals surface area (Å²) in [6.07, 6.45) is 4.48. The van der Waals surface area contributed by atoms with Gasteiger partial charge in [0.05, 0.1) is 11.1 Å². The highest BCUT2D eigenvalue weighted by atomic mass is 16.4. The average molecular weight is 295 g/mol. The van der Waals surface area contributed by atoms with Crippen LogP contribution < -0.4 is 0 Å². The van der Waals surface area contributed by atoms with Crippen LogP contribution in [0, 0.1) is 0 Å². The molecule has 0 aliphatic rings. The van der Waals surface area contributed by atoms with Crippen molar-refractivity contribution in [3.05, 3.63) is 35.7 Å². The molecule has 0 fully saturated rings. The first-order chi connectivity index (χ1) is 9.65. The molecule has 0 radical (unpaired) electrons. The number of carboxylic acid groups (broad SMARTS) is 2. The molecule has 114 valence electrons. The highest BCUT2D eigenvalue weighted by Gasteiger charge is 2.11. The molecule has 7 nitrogen and oxygen atoms in total. The minimum Gasteiger partial charge on any atom is -0.478 e. The van der Waals surface area contributed by atoms with Gasteiger partial charge in [0.15, 0.2) is 0 Å². The van der Waals surface area contributed by atoms with E-state index in [2.05, 4.69) is 0 Å². The van der Waals surface area contributed by atoms with Crippen molar-refractivity contribution in [3.63, 3.8) is 0 Å². The summed E-state index contributed by atoms with van der Waals surface area (Å²) < 4.78 is 0. The molecule has 0 unspecified atom stereocenters. The lowest BCUT2D eigenvalue weighted by atomic mass is 10.2. The van der Waals surface area contributed by atoms with Crippen molar-refractivity contribution >= 4 is 23.6 Å². The predicted molar refractivity (Wildman–Crippen MR) is 74.1 cm³/mol. The molecule has 0 saturated carbocycles. The van der Waals surface area contributed by atoms with E-state index in [1.54, 1.807) is 0 Å². The molecule has 0 aromatic carbocycles. The van der Waals surface area contributed by atoms with E-state index in [4.69, 9.17) is 10.2 Å². The van der Waals surface area contributed by atoms with Gasteiger partial charge in [-0.1, -0.05) is 6.08 Å². The summed E-state index contributed by atoms with van der Waals surface area (Å²) in [5.74, 6) is -3.26. The Kier molecular flexibility index (Phi) is 7.38. The van der Waals surface area contributed by atoms with Crippen molar-refractivity contribution < 1.29 is 29.4 Å². The van der Waals surface area contributed by atoms with Crippen LogP contribution in [0.5, 0.6) is 0 Å². The van der Waals surface area contributed by atoms with Gasteiger partial charge in [0.25, 0.3) is 5.91 Å². The van der Waals surface area contributed by atoms with Crippen LogP contribution in [-0.2, 0) is 19.2 Å². The standard InChI is InChI=1S/C14H17NO6/c1-9(13(18)19)7-15(8-10(2)14(20)21)12(17)6-4-5-11(3)16/h4,6-8H,5H2,1-3H3,(H,18,19)(H,20,21). The quantitative estimate of drug-likeness (QED) is 0.685. The molecule has 0 bridgehead atoms. The van der Waals surface area contributed by atoms with Gasteiger partial charge >= 0.3 is 11.9 Å². The van der Waals surface area contributed by atoms with E-state index < -0.39 is 17.8 Å². The molecule has 0 heterocycles. The first-order valence-corrected chi connectivity index (χ1v) is 5.96. The first-order valence-electron chi connectivity index (χ1n) is 5.96. The van der Waals surface area contributed by atoms with Crippen molar-refractivity contribution in [2.75, 3.05) is 0 Å². The summed E-state index contributed by atoms with van der Waals surface area (Å²) >= 11 is 0. The molecule has 21 heavy (non-hydrogen) atoms. The van der Waals surface area contributed by atoms with Gasteiger partial charge in [-0.2, -0.15) is 0 Å². The molecule has 0 saturated heterocycles. The summed E-state index contributed by atoms with van der Waals surface area (Å²) in [5.41, 5.74) is -0.282. The summed E-state index contributed by atoms with van der Waals surface area (Å²) in [5, 5.41) is 17.6. The number of hydrogen-bond acceptors (Lipinski definition) is 4. The zero-order chi connectivity index (χ0) is 16.6. The number of carbonyl (C=O) groups excluding carboxylic acids is 2. The van der Waals surface area contributed by atoms with Gasteiger partial charge in [0.2, 0.25) is 0 Å². The third-order valence-corrected chi connectivity index (χ3v) is 2.26. The van der Waals surface area contributed by atoms with E-state index in [0.29, 0.717) is 0 Å². The Morgan fingerprint density at radius 3 is 1.67 bits per heavy atom. The number of Topliss-reactive ketones (excluding diaryl/α,β-unsaturated/α-hetero) is 1. The first kappa shape index (κ1) is 18.3. The van der Waals surface area contributed by atoms with Crippen LogP contribution in [0.4, 0.5) is 0 Å². The van der Waals surface area contributed by atoms with Crippen LogP contribution in [-0.4, -0.2) is 38.7 Å². The fourth-order valence-electron chi connectivity index (χ4n) is 1.10. The molecule has 0 aromatic rings. The number of allylic oxidation sites excluding steroid dienone is 1. The van der Waals surface area contributed by atoms with Crippen LogP contribution in [0.15, 0.2) is 35.7 Å². The van der Waals surface area contributed by atoms with Crippen molar-refractivity contribution in [3.8, 4) is 0 Å². The third kappa shape index (κ3) is 7.46. The Labute approximate surface area is 121 Å². The lowest BCUT2D eigenvalue weighted by Crippen LogP contribution is -2.20. The number of nitrogens with zero attached hydrogens (tertiary/aromatic N) is 1. The summed E-state index contributed by atoms with van der Waals surface area (Å²) in [4.78, 5) is 45.1. The molecule has 0 aliphatic carbocycles. The summed E-state index contributed by atoms with van der Waals surface area (Å²) in [6, 6.07) is 0.